The largest absolute Gasteiger partial charge is 0.374 e. The monoisotopic (exact) mass is 303 g/mol. The van der Waals surface area contributed by atoms with Crippen molar-refractivity contribution in [3.05, 3.63) is 28.2 Å². The van der Waals surface area contributed by atoms with E-state index in [4.69, 9.17) is 27.9 Å². The van der Waals surface area contributed by atoms with Gasteiger partial charge in [0.05, 0.1) is 12.7 Å². The smallest absolute Gasteiger partial charge is 0.319 e. The van der Waals surface area contributed by atoms with Crippen LogP contribution in [-0.4, -0.2) is 38.4 Å². The lowest BCUT2D eigenvalue weighted by Gasteiger charge is -2.23. The lowest BCUT2D eigenvalue weighted by atomic mass is 10.3. The van der Waals surface area contributed by atoms with E-state index >= 15 is 0 Å². The predicted octanol–water partition coefficient (Wildman–Crippen LogP) is 2.10. The van der Waals surface area contributed by atoms with E-state index in [2.05, 4.69) is 16.0 Å². The molecule has 2 amide bonds. The molecule has 1 unspecified atom stereocenters. The van der Waals surface area contributed by atoms with E-state index in [1.54, 1.807) is 18.2 Å². The van der Waals surface area contributed by atoms with Crippen LogP contribution in [0.15, 0.2) is 18.2 Å². The van der Waals surface area contributed by atoms with E-state index < -0.39 is 0 Å². The Labute approximate surface area is 121 Å². The molecule has 0 saturated carbocycles. The Morgan fingerprint density at radius 2 is 2.11 bits per heavy atom. The summed E-state index contributed by atoms with van der Waals surface area (Å²) in [6, 6.07) is 4.55. The number of carbonyl (C=O) groups excluding carboxylic acids is 1. The van der Waals surface area contributed by atoms with Crippen LogP contribution in [0.5, 0.6) is 0 Å². The maximum absolute atomic E-state index is 11.7. The standard InChI is InChI=1S/C12H15Cl2N3O2/c13-8-3-9(14)5-10(4-8)17-12(18)16-7-11-6-15-1-2-19-11/h3-5,11,15H,1-2,6-7H2,(H2,16,17,18). The van der Waals surface area contributed by atoms with Gasteiger partial charge in [-0.05, 0) is 18.2 Å². The summed E-state index contributed by atoms with van der Waals surface area (Å²) in [7, 11) is 0. The first kappa shape index (κ1) is 14.4. The molecule has 0 aromatic heterocycles. The van der Waals surface area contributed by atoms with Crippen molar-refractivity contribution in [3.63, 3.8) is 0 Å². The molecule has 1 aromatic carbocycles. The van der Waals surface area contributed by atoms with Gasteiger partial charge in [0.25, 0.3) is 0 Å². The van der Waals surface area contributed by atoms with E-state index in [1.165, 1.54) is 0 Å². The number of hydrogen-bond donors (Lipinski definition) is 3. The summed E-state index contributed by atoms with van der Waals surface area (Å²) in [5.74, 6) is 0. The maximum Gasteiger partial charge on any atom is 0.319 e. The number of morpholine rings is 1. The number of rotatable bonds is 3. The van der Waals surface area contributed by atoms with Crippen LogP contribution >= 0.6 is 23.2 Å². The van der Waals surface area contributed by atoms with Crippen LogP contribution in [0.4, 0.5) is 10.5 Å². The van der Waals surface area contributed by atoms with Crippen molar-refractivity contribution < 1.29 is 9.53 Å². The molecule has 1 aromatic rings. The van der Waals surface area contributed by atoms with E-state index in [0.29, 0.717) is 28.9 Å². The van der Waals surface area contributed by atoms with Crippen molar-refractivity contribution in [2.75, 3.05) is 31.6 Å². The lowest BCUT2D eigenvalue weighted by molar-refractivity contribution is 0.0310. The van der Waals surface area contributed by atoms with Gasteiger partial charge in [-0.25, -0.2) is 4.79 Å². The highest BCUT2D eigenvalue weighted by Gasteiger charge is 2.14. The number of halogens is 2. The molecule has 2 rings (SSSR count). The third kappa shape index (κ3) is 4.87. The highest BCUT2D eigenvalue weighted by molar-refractivity contribution is 6.35. The molecule has 1 aliphatic heterocycles. The Balaban J connectivity index is 1.80. The van der Waals surface area contributed by atoms with Crippen molar-refractivity contribution in [1.82, 2.24) is 10.6 Å². The van der Waals surface area contributed by atoms with Crippen LogP contribution in [0.25, 0.3) is 0 Å². The molecule has 1 fully saturated rings. The summed E-state index contributed by atoms with van der Waals surface area (Å²) in [4.78, 5) is 11.7. The average molecular weight is 304 g/mol. The van der Waals surface area contributed by atoms with Gasteiger partial charge in [0.2, 0.25) is 0 Å². The van der Waals surface area contributed by atoms with Crippen molar-refractivity contribution in [3.8, 4) is 0 Å². The fraction of sp³-hybridized carbons (Fsp3) is 0.417. The van der Waals surface area contributed by atoms with Gasteiger partial charge in [-0.2, -0.15) is 0 Å². The van der Waals surface area contributed by atoms with Crippen molar-refractivity contribution >= 4 is 34.9 Å². The first-order valence-electron chi connectivity index (χ1n) is 5.97. The zero-order chi connectivity index (χ0) is 13.7. The van der Waals surface area contributed by atoms with Gasteiger partial charge in [0.1, 0.15) is 0 Å². The zero-order valence-electron chi connectivity index (χ0n) is 10.2. The Hall–Kier alpha value is -1.01. The van der Waals surface area contributed by atoms with Crippen LogP contribution < -0.4 is 16.0 Å². The number of urea groups is 1. The minimum Gasteiger partial charge on any atom is -0.374 e. The second-order valence-corrected chi connectivity index (χ2v) is 5.06. The maximum atomic E-state index is 11.7. The summed E-state index contributed by atoms with van der Waals surface area (Å²) < 4.78 is 5.47. The van der Waals surface area contributed by atoms with Gasteiger partial charge in [0.15, 0.2) is 0 Å². The van der Waals surface area contributed by atoms with Gasteiger partial charge >= 0.3 is 6.03 Å². The van der Waals surface area contributed by atoms with Crippen LogP contribution in [-0.2, 0) is 4.74 Å². The molecule has 0 aliphatic carbocycles. The number of amides is 2. The van der Waals surface area contributed by atoms with E-state index in [9.17, 15) is 4.79 Å². The molecule has 1 aliphatic rings. The van der Waals surface area contributed by atoms with E-state index in [0.717, 1.165) is 13.1 Å². The molecule has 1 saturated heterocycles. The van der Waals surface area contributed by atoms with Crippen molar-refractivity contribution in [2.24, 2.45) is 0 Å². The normalized spacial score (nSPS) is 18.9. The second kappa shape index (κ2) is 6.96. The molecule has 3 N–H and O–H groups in total. The third-order valence-electron chi connectivity index (χ3n) is 2.62. The van der Waals surface area contributed by atoms with Gasteiger partial charge in [0, 0.05) is 35.4 Å². The molecule has 19 heavy (non-hydrogen) atoms. The number of nitrogens with one attached hydrogen (secondary N) is 3. The quantitative estimate of drug-likeness (QED) is 0.801. The molecule has 1 atom stereocenters. The first-order valence-corrected chi connectivity index (χ1v) is 6.72. The summed E-state index contributed by atoms with van der Waals surface area (Å²) >= 11 is 11.7. The highest BCUT2D eigenvalue weighted by atomic mass is 35.5. The lowest BCUT2D eigenvalue weighted by Crippen LogP contribution is -2.45. The zero-order valence-corrected chi connectivity index (χ0v) is 11.7. The topological polar surface area (TPSA) is 62.4 Å². The number of carbonyl (C=O) groups is 1. The minimum atomic E-state index is -0.312. The third-order valence-corrected chi connectivity index (χ3v) is 3.05. The number of ether oxygens (including phenoxy) is 1. The number of anilines is 1. The predicted molar refractivity (Wildman–Crippen MR) is 76.1 cm³/mol. The first-order chi connectivity index (χ1) is 9.13. The van der Waals surface area contributed by atoms with E-state index in [-0.39, 0.29) is 12.1 Å². The van der Waals surface area contributed by atoms with Crippen molar-refractivity contribution in [2.45, 2.75) is 6.10 Å². The summed E-state index contributed by atoms with van der Waals surface area (Å²) in [6.45, 7) is 2.71. The van der Waals surface area contributed by atoms with Crippen molar-refractivity contribution in [1.29, 1.82) is 0 Å². The SMILES string of the molecule is O=C(NCC1CNCCO1)Nc1cc(Cl)cc(Cl)c1. The fourth-order valence-electron chi connectivity index (χ4n) is 1.76. The van der Waals surface area contributed by atoms with Crippen LogP contribution in [0.2, 0.25) is 10.0 Å². The molecule has 0 spiro atoms. The Morgan fingerprint density at radius 1 is 1.37 bits per heavy atom. The Kier molecular flexibility index (Phi) is 5.27. The van der Waals surface area contributed by atoms with Crippen LogP contribution in [0.3, 0.4) is 0 Å². The molecule has 0 radical (unpaired) electrons. The fourth-order valence-corrected chi connectivity index (χ4v) is 2.28. The summed E-state index contributed by atoms with van der Waals surface area (Å²) in [5.41, 5.74) is 0.553. The summed E-state index contributed by atoms with van der Waals surface area (Å²) in [5, 5.41) is 9.55. The average Bonchev–Trinajstić information content (AvgIpc) is 2.36. The molecular weight excluding hydrogens is 289 g/mol. The Bertz CT molecular complexity index is 430. The van der Waals surface area contributed by atoms with Gasteiger partial charge in [-0.3, -0.25) is 0 Å². The minimum absolute atomic E-state index is 0.00227. The summed E-state index contributed by atoms with van der Waals surface area (Å²) in [6.07, 6.45) is 0.00227. The Morgan fingerprint density at radius 3 is 2.74 bits per heavy atom. The molecule has 1 heterocycles. The number of benzene rings is 1. The van der Waals surface area contributed by atoms with Crippen LogP contribution in [0, 0.1) is 0 Å². The van der Waals surface area contributed by atoms with E-state index in [1.807, 2.05) is 0 Å². The van der Waals surface area contributed by atoms with Gasteiger partial charge in [-0.15, -0.1) is 0 Å². The molecule has 5 nitrogen and oxygen atoms in total. The molecule has 104 valence electrons. The van der Waals surface area contributed by atoms with Gasteiger partial charge in [-0.1, -0.05) is 23.2 Å². The number of hydrogen-bond acceptors (Lipinski definition) is 3. The highest BCUT2D eigenvalue weighted by Crippen LogP contribution is 2.22. The van der Waals surface area contributed by atoms with Gasteiger partial charge < -0.3 is 20.7 Å². The molecule has 0 bridgehead atoms. The second-order valence-electron chi connectivity index (χ2n) is 4.19. The van der Waals surface area contributed by atoms with Crippen LogP contribution in [0.1, 0.15) is 0 Å². The molecule has 7 heteroatoms. The molecular formula is C12H15Cl2N3O2.